The standard InChI is InChI=1S/C21H21NO5/c1-24-17-13-19(26-3)18(25-2)12-15(17)21(23)22-20(16-10-7-11-27-16)14-8-5-4-6-9-14/h4-13,20H,1-3H3,(H,22,23). The van der Waals surface area contributed by atoms with E-state index in [2.05, 4.69) is 5.32 Å². The minimum absolute atomic E-state index is 0.321. The van der Waals surface area contributed by atoms with Crippen molar-refractivity contribution in [3.63, 3.8) is 0 Å². The van der Waals surface area contributed by atoms with Gasteiger partial charge in [-0.2, -0.15) is 0 Å². The smallest absolute Gasteiger partial charge is 0.256 e. The second kappa shape index (κ2) is 8.31. The summed E-state index contributed by atoms with van der Waals surface area (Å²) in [6, 6.07) is 16.0. The molecule has 1 amide bonds. The molecule has 1 N–H and O–H groups in total. The first-order valence-corrected chi connectivity index (χ1v) is 8.37. The Hall–Kier alpha value is -3.41. The Bertz CT molecular complexity index is 890. The second-order valence-corrected chi connectivity index (χ2v) is 5.74. The van der Waals surface area contributed by atoms with E-state index in [4.69, 9.17) is 18.6 Å². The van der Waals surface area contributed by atoms with Gasteiger partial charge in [0.1, 0.15) is 17.6 Å². The molecule has 140 valence electrons. The highest BCUT2D eigenvalue weighted by molar-refractivity contribution is 5.98. The van der Waals surface area contributed by atoms with Gasteiger partial charge in [-0.25, -0.2) is 0 Å². The summed E-state index contributed by atoms with van der Waals surface area (Å²) in [5.41, 5.74) is 1.24. The first-order chi connectivity index (χ1) is 13.2. The Labute approximate surface area is 157 Å². The van der Waals surface area contributed by atoms with Crippen LogP contribution >= 0.6 is 0 Å². The summed E-state index contributed by atoms with van der Waals surface area (Å²) in [4.78, 5) is 13.0. The van der Waals surface area contributed by atoms with E-state index in [-0.39, 0.29) is 5.91 Å². The molecule has 0 aliphatic rings. The van der Waals surface area contributed by atoms with Crippen LogP contribution in [0.15, 0.2) is 65.3 Å². The molecule has 0 saturated carbocycles. The molecule has 3 aromatic rings. The van der Waals surface area contributed by atoms with Crippen LogP contribution < -0.4 is 19.5 Å². The molecule has 0 fully saturated rings. The summed E-state index contributed by atoms with van der Waals surface area (Å²) in [5.74, 6) is 1.62. The maximum Gasteiger partial charge on any atom is 0.256 e. The molecule has 0 saturated heterocycles. The van der Waals surface area contributed by atoms with Crippen molar-refractivity contribution < 1.29 is 23.4 Å². The van der Waals surface area contributed by atoms with Crippen molar-refractivity contribution >= 4 is 5.91 Å². The molecular formula is C21H21NO5. The Balaban J connectivity index is 1.97. The SMILES string of the molecule is COc1cc(OC)c(C(=O)NC(c2ccccc2)c2ccco2)cc1OC. The number of nitrogens with one attached hydrogen (secondary N) is 1. The first-order valence-electron chi connectivity index (χ1n) is 8.37. The van der Waals surface area contributed by atoms with E-state index < -0.39 is 6.04 Å². The van der Waals surface area contributed by atoms with Gasteiger partial charge in [-0.15, -0.1) is 0 Å². The van der Waals surface area contributed by atoms with Gasteiger partial charge in [-0.1, -0.05) is 30.3 Å². The molecule has 0 spiro atoms. The summed E-state index contributed by atoms with van der Waals surface area (Å²) >= 11 is 0. The number of hydrogen-bond acceptors (Lipinski definition) is 5. The summed E-state index contributed by atoms with van der Waals surface area (Å²) in [5, 5.41) is 3.01. The zero-order valence-corrected chi connectivity index (χ0v) is 15.4. The third kappa shape index (κ3) is 3.89. The molecule has 0 radical (unpaired) electrons. The van der Waals surface area contributed by atoms with Gasteiger partial charge in [0.2, 0.25) is 0 Å². The van der Waals surface area contributed by atoms with E-state index in [0.29, 0.717) is 28.6 Å². The second-order valence-electron chi connectivity index (χ2n) is 5.74. The van der Waals surface area contributed by atoms with Gasteiger partial charge in [0.05, 0.1) is 33.2 Å². The summed E-state index contributed by atoms with van der Waals surface area (Å²) in [6.07, 6.45) is 1.58. The number of hydrogen-bond donors (Lipinski definition) is 1. The fourth-order valence-corrected chi connectivity index (χ4v) is 2.84. The van der Waals surface area contributed by atoms with E-state index in [9.17, 15) is 4.79 Å². The lowest BCUT2D eigenvalue weighted by molar-refractivity contribution is 0.0935. The molecule has 0 aliphatic carbocycles. The number of furan rings is 1. The van der Waals surface area contributed by atoms with E-state index >= 15 is 0 Å². The van der Waals surface area contributed by atoms with Crippen LogP contribution in [0.1, 0.15) is 27.7 Å². The van der Waals surface area contributed by atoms with Crippen molar-refractivity contribution in [1.29, 1.82) is 0 Å². The average Bonchev–Trinajstić information content (AvgIpc) is 3.25. The Morgan fingerprint density at radius 1 is 0.889 bits per heavy atom. The van der Waals surface area contributed by atoms with Crippen LogP contribution in [-0.2, 0) is 0 Å². The molecule has 3 rings (SSSR count). The fourth-order valence-electron chi connectivity index (χ4n) is 2.84. The normalized spacial score (nSPS) is 11.5. The quantitative estimate of drug-likeness (QED) is 0.687. The molecule has 0 bridgehead atoms. The Kier molecular flexibility index (Phi) is 5.66. The van der Waals surface area contributed by atoms with Crippen LogP contribution in [0.2, 0.25) is 0 Å². The zero-order chi connectivity index (χ0) is 19.2. The van der Waals surface area contributed by atoms with Crippen LogP contribution in [0, 0.1) is 0 Å². The molecule has 1 atom stereocenters. The van der Waals surface area contributed by atoms with Gasteiger partial charge < -0.3 is 23.9 Å². The zero-order valence-electron chi connectivity index (χ0n) is 15.4. The van der Waals surface area contributed by atoms with Crippen LogP contribution in [-0.4, -0.2) is 27.2 Å². The Morgan fingerprint density at radius 2 is 1.56 bits per heavy atom. The highest BCUT2D eigenvalue weighted by Crippen LogP contribution is 2.35. The van der Waals surface area contributed by atoms with E-state index in [1.165, 1.54) is 21.3 Å². The monoisotopic (exact) mass is 367 g/mol. The number of amides is 1. The highest BCUT2D eigenvalue weighted by atomic mass is 16.5. The third-order valence-corrected chi connectivity index (χ3v) is 4.19. The first kappa shape index (κ1) is 18.4. The predicted molar refractivity (Wildman–Crippen MR) is 101 cm³/mol. The van der Waals surface area contributed by atoms with Crippen molar-refractivity contribution in [1.82, 2.24) is 5.32 Å². The number of rotatable bonds is 7. The maximum atomic E-state index is 13.0. The van der Waals surface area contributed by atoms with Crippen molar-refractivity contribution in [3.05, 3.63) is 77.7 Å². The Morgan fingerprint density at radius 3 is 2.15 bits per heavy atom. The third-order valence-electron chi connectivity index (χ3n) is 4.19. The van der Waals surface area contributed by atoms with E-state index in [0.717, 1.165) is 5.56 Å². The number of methoxy groups -OCH3 is 3. The largest absolute Gasteiger partial charge is 0.496 e. The van der Waals surface area contributed by atoms with Gasteiger partial charge in [0.25, 0.3) is 5.91 Å². The van der Waals surface area contributed by atoms with Crippen LogP contribution in [0.5, 0.6) is 17.2 Å². The predicted octanol–water partition coefficient (Wildman–Crippen LogP) is 3.82. The van der Waals surface area contributed by atoms with Gasteiger partial charge in [0, 0.05) is 12.1 Å². The molecule has 6 nitrogen and oxygen atoms in total. The highest BCUT2D eigenvalue weighted by Gasteiger charge is 2.23. The summed E-state index contributed by atoms with van der Waals surface area (Å²) in [6.45, 7) is 0. The van der Waals surface area contributed by atoms with Gasteiger partial charge in [-0.3, -0.25) is 4.79 Å². The fraction of sp³-hybridized carbons (Fsp3) is 0.190. The molecule has 1 unspecified atom stereocenters. The van der Waals surface area contributed by atoms with Crippen LogP contribution in [0.25, 0.3) is 0 Å². The molecule has 0 aliphatic heterocycles. The number of ether oxygens (including phenoxy) is 3. The van der Waals surface area contributed by atoms with Crippen molar-refractivity contribution in [2.24, 2.45) is 0 Å². The lowest BCUT2D eigenvalue weighted by atomic mass is 10.0. The van der Waals surface area contributed by atoms with E-state index in [1.54, 1.807) is 24.5 Å². The molecule has 2 aromatic carbocycles. The molecule has 1 aromatic heterocycles. The lowest BCUT2D eigenvalue weighted by Gasteiger charge is -2.19. The van der Waals surface area contributed by atoms with Crippen molar-refractivity contribution in [2.75, 3.05) is 21.3 Å². The number of benzene rings is 2. The number of carbonyl (C=O) groups is 1. The number of carbonyl (C=O) groups excluding carboxylic acids is 1. The maximum absolute atomic E-state index is 13.0. The van der Waals surface area contributed by atoms with Gasteiger partial charge in [-0.05, 0) is 17.7 Å². The summed E-state index contributed by atoms with van der Waals surface area (Å²) < 4.78 is 21.5. The van der Waals surface area contributed by atoms with Crippen molar-refractivity contribution in [3.8, 4) is 17.2 Å². The topological polar surface area (TPSA) is 69.9 Å². The molecule has 6 heteroatoms. The molecule has 1 heterocycles. The molecule has 27 heavy (non-hydrogen) atoms. The van der Waals surface area contributed by atoms with Gasteiger partial charge >= 0.3 is 0 Å². The van der Waals surface area contributed by atoms with Gasteiger partial charge in [0.15, 0.2) is 11.5 Å². The lowest BCUT2D eigenvalue weighted by Crippen LogP contribution is -2.29. The average molecular weight is 367 g/mol. The van der Waals surface area contributed by atoms with Crippen LogP contribution in [0.4, 0.5) is 0 Å². The minimum Gasteiger partial charge on any atom is -0.496 e. The van der Waals surface area contributed by atoms with Crippen molar-refractivity contribution in [2.45, 2.75) is 6.04 Å². The minimum atomic E-state index is -0.438. The van der Waals surface area contributed by atoms with Crippen LogP contribution in [0.3, 0.4) is 0 Å². The molecular weight excluding hydrogens is 346 g/mol. The summed E-state index contributed by atoms with van der Waals surface area (Å²) in [7, 11) is 4.54. The van der Waals surface area contributed by atoms with E-state index in [1.807, 2.05) is 36.4 Å².